The van der Waals surface area contributed by atoms with E-state index in [0.717, 1.165) is 19.1 Å². The van der Waals surface area contributed by atoms with Crippen LogP contribution in [0.15, 0.2) is 39.6 Å². The summed E-state index contributed by atoms with van der Waals surface area (Å²) in [7, 11) is 0. The molecule has 2 heterocycles. The maximum atomic E-state index is 12.6. The normalized spacial score (nSPS) is 15.7. The first-order valence-corrected chi connectivity index (χ1v) is 6.76. The number of hydrogen-bond acceptors (Lipinski definition) is 4. The van der Waals surface area contributed by atoms with Gasteiger partial charge in [0.05, 0.1) is 17.9 Å². The van der Waals surface area contributed by atoms with Crippen LogP contribution in [0.2, 0.25) is 0 Å². The van der Waals surface area contributed by atoms with Crippen molar-refractivity contribution in [3.05, 3.63) is 47.8 Å². The Morgan fingerprint density at radius 2 is 2.14 bits per heavy atom. The minimum atomic E-state index is -1.12. The number of hydrogen-bond donors (Lipinski definition) is 1. The molecule has 1 aliphatic carbocycles. The van der Waals surface area contributed by atoms with Crippen molar-refractivity contribution in [2.24, 2.45) is 0 Å². The Morgan fingerprint density at radius 1 is 1.38 bits per heavy atom. The van der Waals surface area contributed by atoms with Gasteiger partial charge in [-0.3, -0.25) is 4.79 Å². The summed E-state index contributed by atoms with van der Waals surface area (Å²) in [5.41, 5.74) is -0.0280. The Hall–Kier alpha value is -2.50. The van der Waals surface area contributed by atoms with Gasteiger partial charge < -0.3 is 18.8 Å². The Labute approximate surface area is 121 Å². The lowest BCUT2D eigenvalue weighted by Gasteiger charge is -2.27. The van der Waals surface area contributed by atoms with E-state index in [-0.39, 0.29) is 29.3 Å². The average molecular weight is 289 g/mol. The van der Waals surface area contributed by atoms with Gasteiger partial charge >= 0.3 is 5.97 Å². The molecule has 6 nitrogen and oxygen atoms in total. The molecule has 2 aromatic heterocycles. The summed E-state index contributed by atoms with van der Waals surface area (Å²) in [5.74, 6) is -0.693. The molecule has 0 bridgehead atoms. The Balaban J connectivity index is 1.86. The van der Waals surface area contributed by atoms with Gasteiger partial charge in [0.15, 0.2) is 5.76 Å². The monoisotopic (exact) mass is 289 g/mol. The van der Waals surface area contributed by atoms with E-state index in [4.69, 9.17) is 13.9 Å². The van der Waals surface area contributed by atoms with E-state index in [9.17, 15) is 9.59 Å². The Kier molecular flexibility index (Phi) is 3.29. The molecule has 6 heteroatoms. The Morgan fingerprint density at radius 3 is 2.67 bits per heavy atom. The fraction of sp³-hybridized carbons (Fsp3) is 0.333. The number of carboxylic acid groups (broad SMARTS) is 1. The molecule has 1 amide bonds. The van der Waals surface area contributed by atoms with E-state index in [2.05, 4.69) is 0 Å². The lowest BCUT2D eigenvalue weighted by atomic mass is 10.2. The fourth-order valence-corrected chi connectivity index (χ4v) is 2.36. The van der Waals surface area contributed by atoms with Gasteiger partial charge in [0.25, 0.3) is 5.91 Å². The second-order valence-corrected chi connectivity index (χ2v) is 5.14. The van der Waals surface area contributed by atoms with Crippen molar-refractivity contribution < 1.29 is 23.5 Å². The first-order valence-electron chi connectivity index (χ1n) is 6.76. The predicted octanol–water partition coefficient (Wildman–Crippen LogP) is 2.94. The molecule has 3 rings (SSSR count). The summed E-state index contributed by atoms with van der Waals surface area (Å²) >= 11 is 0. The van der Waals surface area contributed by atoms with Crippen LogP contribution < -0.4 is 0 Å². The second kappa shape index (κ2) is 5.12. The zero-order valence-corrected chi connectivity index (χ0v) is 11.5. The molecule has 0 spiro atoms. The highest BCUT2D eigenvalue weighted by Crippen LogP contribution is 2.35. The molecule has 0 aliphatic heterocycles. The van der Waals surface area contributed by atoms with Gasteiger partial charge in [0.1, 0.15) is 12.0 Å². The standard InChI is InChI=1S/C15H15NO5/c1-9(12-3-2-6-20-12)16(11-4-5-11)14(17)13-7-10(8-21-13)15(18)19/h2-3,6-9,11H,4-5H2,1H3,(H,18,19). The first-order chi connectivity index (χ1) is 10.1. The van der Waals surface area contributed by atoms with Crippen molar-refractivity contribution >= 4 is 11.9 Å². The zero-order valence-electron chi connectivity index (χ0n) is 11.5. The van der Waals surface area contributed by atoms with Crippen LogP contribution in [-0.4, -0.2) is 27.9 Å². The number of nitrogens with zero attached hydrogens (tertiary/aromatic N) is 1. The highest BCUT2D eigenvalue weighted by atomic mass is 16.4. The van der Waals surface area contributed by atoms with Crippen molar-refractivity contribution in [1.82, 2.24) is 4.90 Å². The maximum absolute atomic E-state index is 12.6. The van der Waals surface area contributed by atoms with Crippen molar-refractivity contribution in [3.8, 4) is 0 Å². The first kappa shape index (κ1) is 13.5. The third-order valence-electron chi connectivity index (χ3n) is 3.60. The van der Waals surface area contributed by atoms with E-state index in [1.54, 1.807) is 17.2 Å². The quantitative estimate of drug-likeness (QED) is 0.914. The van der Waals surface area contributed by atoms with Crippen LogP contribution in [-0.2, 0) is 0 Å². The van der Waals surface area contributed by atoms with Crippen LogP contribution in [0.4, 0.5) is 0 Å². The lowest BCUT2D eigenvalue weighted by Crippen LogP contribution is -2.35. The summed E-state index contributed by atoms with van der Waals surface area (Å²) in [6.07, 6.45) is 4.52. The van der Waals surface area contributed by atoms with Gasteiger partial charge in [0.2, 0.25) is 0 Å². The van der Waals surface area contributed by atoms with E-state index >= 15 is 0 Å². The summed E-state index contributed by atoms with van der Waals surface area (Å²) in [6, 6.07) is 4.78. The highest BCUT2D eigenvalue weighted by molar-refractivity contribution is 5.96. The summed E-state index contributed by atoms with van der Waals surface area (Å²) < 4.78 is 10.5. The van der Waals surface area contributed by atoms with Gasteiger partial charge in [-0.15, -0.1) is 0 Å². The topological polar surface area (TPSA) is 83.9 Å². The van der Waals surface area contributed by atoms with Gasteiger partial charge in [-0.25, -0.2) is 4.79 Å². The second-order valence-electron chi connectivity index (χ2n) is 5.14. The van der Waals surface area contributed by atoms with Crippen molar-refractivity contribution in [1.29, 1.82) is 0 Å². The van der Waals surface area contributed by atoms with Gasteiger partial charge in [-0.1, -0.05) is 0 Å². The van der Waals surface area contributed by atoms with E-state index in [1.807, 2.05) is 13.0 Å². The fourth-order valence-electron chi connectivity index (χ4n) is 2.36. The van der Waals surface area contributed by atoms with Gasteiger partial charge in [-0.05, 0) is 31.9 Å². The number of amides is 1. The molecule has 110 valence electrons. The lowest BCUT2D eigenvalue weighted by molar-refractivity contribution is 0.0619. The number of carbonyl (C=O) groups excluding carboxylic acids is 1. The molecule has 0 saturated heterocycles. The third-order valence-corrected chi connectivity index (χ3v) is 3.60. The van der Waals surface area contributed by atoms with Crippen molar-refractivity contribution in [2.45, 2.75) is 31.8 Å². The van der Waals surface area contributed by atoms with Gasteiger partial charge in [-0.2, -0.15) is 0 Å². The zero-order chi connectivity index (χ0) is 15.0. The number of furan rings is 2. The van der Waals surface area contributed by atoms with E-state index in [0.29, 0.717) is 5.76 Å². The predicted molar refractivity (Wildman–Crippen MR) is 72.0 cm³/mol. The molecule has 2 aromatic rings. The molecule has 1 N–H and O–H groups in total. The summed E-state index contributed by atoms with van der Waals surface area (Å²) in [6.45, 7) is 1.89. The van der Waals surface area contributed by atoms with Crippen LogP contribution in [0.1, 0.15) is 52.5 Å². The molecule has 1 aliphatic rings. The van der Waals surface area contributed by atoms with Crippen LogP contribution in [0.3, 0.4) is 0 Å². The number of carbonyl (C=O) groups is 2. The van der Waals surface area contributed by atoms with Gasteiger partial charge in [0, 0.05) is 12.1 Å². The molecule has 21 heavy (non-hydrogen) atoms. The molecule has 1 unspecified atom stereocenters. The number of carboxylic acids is 1. The van der Waals surface area contributed by atoms with E-state index < -0.39 is 5.97 Å². The molecule has 0 aromatic carbocycles. The minimum Gasteiger partial charge on any atom is -0.478 e. The molecule has 1 atom stereocenters. The maximum Gasteiger partial charge on any atom is 0.338 e. The molecule has 1 saturated carbocycles. The number of rotatable bonds is 5. The minimum absolute atomic E-state index is 0.0280. The molecule has 1 fully saturated rings. The van der Waals surface area contributed by atoms with Crippen LogP contribution in [0.25, 0.3) is 0 Å². The largest absolute Gasteiger partial charge is 0.478 e. The highest BCUT2D eigenvalue weighted by Gasteiger charge is 2.38. The number of aromatic carboxylic acids is 1. The van der Waals surface area contributed by atoms with Crippen LogP contribution in [0, 0.1) is 0 Å². The molecular formula is C15H15NO5. The molecule has 0 radical (unpaired) electrons. The van der Waals surface area contributed by atoms with Crippen molar-refractivity contribution in [3.63, 3.8) is 0 Å². The van der Waals surface area contributed by atoms with Crippen LogP contribution in [0.5, 0.6) is 0 Å². The molecular weight excluding hydrogens is 274 g/mol. The smallest absolute Gasteiger partial charge is 0.338 e. The van der Waals surface area contributed by atoms with Crippen molar-refractivity contribution in [2.75, 3.05) is 0 Å². The average Bonchev–Trinajstić information content (AvgIpc) is 3.00. The van der Waals surface area contributed by atoms with E-state index in [1.165, 1.54) is 6.07 Å². The third kappa shape index (κ3) is 2.56. The Bertz CT molecular complexity index is 653. The SMILES string of the molecule is CC(c1ccco1)N(C(=O)c1cc(C(=O)O)co1)C1CC1. The summed E-state index contributed by atoms with van der Waals surface area (Å²) in [4.78, 5) is 25.2. The van der Waals surface area contributed by atoms with Crippen LogP contribution >= 0.6 is 0 Å². The summed E-state index contributed by atoms with van der Waals surface area (Å²) in [5, 5.41) is 8.90.